The standard InChI is InChI=1S/C11H25ClN2O2S/c1-10(2)14(11(3)4)8-7-13-17(15,16)9-5-6-12/h10-11,13H,5-9H2,1-4H3. The first-order valence-electron chi connectivity index (χ1n) is 6.09. The van der Waals surface area contributed by atoms with E-state index >= 15 is 0 Å². The molecule has 0 fully saturated rings. The molecule has 0 radical (unpaired) electrons. The minimum atomic E-state index is -3.15. The highest BCUT2D eigenvalue weighted by Crippen LogP contribution is 2.03. The average Bonchev–Trinajstić information content (AvgIpc) is 2.20. The van der Waals surface area contributed by atoms with Gasteiger partial charge in [0.1, 0.15) is 0 Å². The Kier molecular flexibility index (Phi) is 8.37. The summed E-state index contributed by atoms with van der Waals surface area (Å²) in [5, 5.41) is 0. The molecule has 0 aromatic rings. The Morgan fingerprint density at radius 1 is 1.18 bits per heavy atom. The molecule has 0 bridgehead atoms. The van der Waals surface area contributed by atoms with Crippen LogP contribution in [0.2, 0.25) is 0 Å². The summed E-state index contributed by atoms with van der Waals surface area (Å²) >= 11 is 5.47. The fourth-order valence-electron chi connectivity index (χ4n) is 1.76. The van der Waals surface area contributed by atoms with E-state index < -0.39 is 10.0 Å². The predicted octanol–water partition coefficient (Wildman–Crippen LogP) is 1.65. The molecule has 0 heterocycles. The van der Waals surface area contributed by atoms with E-state index in [0.29, 0.717) is 30.9 Å². The average molecular weight is 285 g/mol. The van der Waals surface area contributed by atoms with Crippen molar-refractivity contribution in [3.05, 3.63) is 0 Å². The van der Waals surface area contributed by atoms with Gasteiger partial charge in [0.15, 0.2) is 0 Å². The first-order chi connectivity index (χ1) is 7.80. The lowest BCUT2D eigenvalue weighted by atomic mass is 10.2. The zero-order valence-corrected chi connectivity index (χ0v) is 12.8. The monoisotopic (exact) mass is 284 g/mol. The molecule has 6 heteroatoms. The minimum Gasteiger partial charge on any atom is -0.297 e. The molecule has 0 amide bonds. The van der Waals surface area contributed by atoms with Crippen molar-refractivity contribution < 1.29 is 8.42 Å². The maximum Gasteiger partial charge on any atom is 0.211 e. The topological polar surface area (TPSA) is 49.4 Å². The largest absolute Gasteiger partial charge is 0.297 e. The van der Waals surface area contributed by atoms with Gasteiger partial charge in [-0.05, 0) is 34.1 Å². The van der Waals surface area contributed by atoms with Crippen molar-refractivity contribution in [3.8, 4) is 0 Å². The first kappa shape index (κ1) is 17.2. The molecule has 0 aliphatic rings. The lowest BCUT2D eigenvalue weighted by molar-refractivity contribution is 0.179. The summed E-state index contributed by atoms with van der Waals surface area (Å²) in [6.45, 7) is 9.64. The van der Waals surface area contributed by atoms with Gasteiger partial charge in [-0.25, -0.2) is 13.1 Å². The Labute approximate surface area is 111 Å². The van der Waals surface area contributed by atoms with Gasteiger partial charge in [0, 0.05) is 31.1 Å². The van der Waals surface area contributed by atoms with E-state index in [1.165, 1.54) is 0 Å². The number of hydrogen-bond acceptors (Lipinski definition) is 3. The number of halogens is 1. The first-order valence-corrected chi connectivity index (χ1v) is 8.28. The van der Waals surface area contributed by atoms with Crippen LogP contribution >= 0.6 is 11.6 Å². The summed E-state index contributed by atoms with van der Waals surface area (Å²) < 4.78 is 25.7. The van der Waals surface area contributed by atoms with Gasteiger partial charge in [-0.15, -0.1) is 11.6 Å². The molecule has 0 aliphatic carbocycles. The van der Waals surface area contributed by atoms with Crippen LogP contribution in [0.4, 0.5) is 0 Å². The van der Waals surface area contributed by atoms with Gasteiger partial charge >= 0.3 is 0 Å². The van der Waals surface area contributed by atoms with Gasteiger partial charge in [-0.2, -0.15) is 0 Å². The maximum absolute atomic E-state index is 11.5. The molecule has 1 N–H and O–H groups in total. The van der Waals surface area contributed by atoms with E-state index in [-0.39, 0.29) is 5.75 Å². The number of sulfonamides is 1. The van der Waals surface area contributed by atoms with Crippen molar-refractivity contribution in [1.82, 2.24) is 9.62 Å². The van der Waals surface area contributed by atoms with Crippen molar-refractivity contribution in [2.24, 2.45) is 0 Å². The lowest BCUT2D eigenvalue weighted by Gasteiger charge is -2.30. The van der Waals surface area contributed by atoms with Crippen LogP contribution < -0.4 is 4.72 Å². The highest BCUT2D eigenvalue weighted by atomic mass is 35.5. The summed E-state index contributed by atoms with van der Waals surface area (Å²) in [5.74, 6) is 0.491. The number of rotatable bonds is 9. The molecule has 0 rings (SSSR count). The van der Waals surface area contributed by atoms with Crippen LogP contribution in [0.3, 0.4) is 0 Å². The quantitative estimate of drug-likeness (QED) is 0.655. The number of alkyl halides is 1. The van der Waals surface area contributed by atoms with E-state index in [1.54, 1.807) is 0 Å². The molecule has 0 saturated heterocycles. The lowest BCUT2D eigenvalue weighted by Crippen LogP contribution is -2.42. The smallest absolute Gasteiger partial charge is 0.211 e. The molecule has 17 heavy (non-hydrogen) atoms. The second-order valence-corrected chi connectivity index (χ2v) is 6.99. The molecule has 4 nitrogen and oxygen atoms in total. The SMILES string of the molecule is CC(C)N(CCNS(=O)(=O)CCCCl)C(C)C. The van der Waals surface area contributed by atoms with Crippen LogP contribution in [0.5, 0.6) is 0 Å². The van der Waals surface area contributed by atoms with Crippen molar-refractivity contribution in [2.75, 3.05) is 24.7 Å². The molecule has 0 spiro atoms. The molecule has 0 aliphatic heterocycles. The zero-order chi connectivity index (χ0) is 13.5. The van der Waals surface area contributed by atoms with Crippen LogP contribution in [0.15, 0.2) is 0 Å². The van der Waals surface area contributed by atoms with Gasteiger partial charge in [0.2, 0.25) is 10.0 Å². The van der Waals surface area contributed by atoms with Gasteiger partial charge in [0.05, 0.1) is 5.75 Å². The van der Waals surface area contributed by atoms with Crippen molar-refractivity contribution in [2.45, 2.75) is 46.2 Å². The number of hydrogen-bond donors (Lipinski definition) is 1. The third-order valence-corrected chi connectivity index (χ3v) is 4.30. The summed E-state index contributed by atoms with van der Waals surface area (Å²) in [5.41, 5.74) is 0. The third kappa shape index (κ3) is 7.97. The van der Waals surface area contributed by atoms with Crippen LogP contribution in [0.1, 0.15) is 34.1 Å². The molecule has 0 aromatic carbocycles. The Morgan fingerprint density at radius 3 is 2.12 bits per heavy atom. The fraction of sp³-hybridized carbons (Fsp3) is 1.00. The van der Waals surface area contributed by atoms with Crippen LogP contribution in [0.25, 0.3) is 0 Å². The minimum absolute atomic E-state index is 0.111. The predicted molar refractivity (Wildman–Crippen MR) is 74.1 cm³/mol. The highest BCUT2D eigenvalue weighted by molar-refractivity contribution is 7.89. The second kappa shape index (κ2) is 8.29. The maximum atomic E-state index is 11.5. The number of nitrogens with one attached hydrogen (secondary N) is 1. The highest BCUT2D eigenvalue weighted by Gasteiger charge is 2.14. The van der Waals surface area contributed by atoms with Gasteiger partial charge < -0.3 is 0 Å². The molecule has 0 saturated carbocycles. The van der Waals surface area contributed by atoms with Crippen molar-refractivity contribution in [3.63, 3.8) is 0 Å². The summed E-state index contributed by atoms with van der Waals surface area (Å²) in [6, 6.07) is 0.838. The van der Waals surface area contributed by atoms with Crippen molar-refractivity contribution in [1.29, 1.82) is 0 Å². The van der Waals surface area contributed by atoms with E-state index in [2.05, 4.69) is 37.3 Å². The normalized spacial score (nSPS) is 12.9. The molecule has 0 atom stereocenters. The fourth-order valence-corrected chi connectivity index (χ4v) is 3.12. The van der Waals surface area contributed by atoms with Gasteiger partial charge in [0.25, 0.3) is 0 Å². The summed E-state index contributed by atoms with van der Waals surface area (Å²) in [4.78, 5) is 2.25. The third-order valence-electron chi connectivity index (χ3n) is 2.57. The van der Waals surface area contributed by atoms with E-state index in [1.807, 2.05) is 0 Å². The summed E-state index contributed by atoms with van der Waals surface area (Å²) in [7, 11) is -3.15. The van der Waals surface area contributed by atoms with E-state index in [9.17, 15) is 8.42 Å². The second-order valence-electron chi connectivity index (χ2n) is 4.68. The molecule has 104 valence electrons. The molecule has 0 aromatic heterocycles. The van der Waals surface area contributed by atoms with Crippen LogP contribution in [-0.2, 0) is 10.0 Å². The Hall–Kier alpha value is 0.160. The molecular formula is C11H25ClN2O2S. The van der Waals surface area contributed by atoms with Gasteiger partial charge in [-0.1, -0.05) is 0 Å². The van der Waals surface area contributed by atoms with Crippen LogP contribution in [-0.4, -0.2) is 50.1 Å². The van der Waals surface area contributed by atoms with Gasteiger partial charge in [-0.3, -0.25) is 4.90 Å². The Bertz CT molecular complexity index is 284. The van der Waals surface area contributed by atoms with Crippen molar-refractivity contribution >= 4 is 21.6 Å². The Morgan fingerprint density at radius 2 is 1.71 bits per heavy atom. The zero-order valence-electron chi connectivity index (χ0n) is 11.2. The summed E-state index contributed by atoms with van der Waals surface area (Å²) in [6.07, 6.45) is 0.495. The van der Waals surface area contributed by atoms with Crippen LogP contribution in [0, 0.1) is 0 Å². The number of nitrogens with zero attached hydrogens (tertiary/aromatic N) is 1. The van der Waals surface area contributed by atoms with E-state index in [0.717, 1.165) is 6.54 Å². The Balaban J connectivity index is 4.04. The molecule has 0 unspecified atom stereocenters. The van der Waals surface area contributed by atoms with E-state index in [4.69, 9.17) is 11.6 Å². The molecular weight excluding hydrogens is 260 g/mol.